The molecule has 0 aliphatic carbocycles. The first-order valence-corrected chi connectivity index (χ1v) is 26.3. The van der Waals surface area contributed by atoms with Gasteiger partial charge in [-0.1, -0.05) is 91.1 Å². The fourth-order valence-corrected chi connectivity index (χ4v) is 8.35. The molecule has 9 atom stereocenters. The van der Waals surface area contributed by atoms with Gasteiger partial charge < -0.3 is 75.9 Å². The van der Waals surface area contributed by atoms with Gasteiger partial charge in [-0.3, -0.25) is 43.2 Å². The summed E-state index contributed by atoms with van der Waals surface area (Å²) in [5.74, 6) is -6.59. The van der Waals surface area contributed by atoms with Gasteiger partial charge in [0.1, 0.15) is 48.3 Å². The van der Waals surface area contributed by atoms with E-state index < -0.39 is 108 Å². The average molecular weight is 1040 g/mol. The van der Waals surface area contributed by atoms with E-state index in [0.717, 1.165) is 12.8 Å². The first-order chi connectivity index (χ1) is 35.1. The maximum absolute atomic E-state index is 14.4. The molecule has 1 saturated heterocycles. The fourth-order valence-electron chi connectivity index (χ4n) is 8.35. The van der Waals surface area contributed by atoms with E-state index in [1.54, 1.807) is 30.3 Å². The van der Waals surface area contributed by atoms with Gasteiger partial charge in [0.05, 0.1) is 12.5 Å². The minimum atomic E-state index is -1.47. The van der Waals surface area contributed by atoms with Gasteiger partial charge in [0.15, 0.2) is 0 Å². The summed E-state index contributed by atoms with van der Waals surface area (Å²) in [6.07, 6.45) is 1.35. The molecule has 9 unspecified atom stereocenters. The van der Waals surface area contributed by atoms with E-state index in [1.807, 2.05) is 27.7 Å². The Bertz CT molecular complexity index is 1940. The number of aliphatic hydroxyl groups is 1. The molecule has 1 fully saturated rings. The van der Waals surface area contributed by atoms with Crippen LogP contribution in [0.4, 0.5) is 0 Å². The zero-order valence-electron chi connectivity index (χ0n) is 44.5. The molecule has 0 aromatic heterocycles. The number of nitrogens with two attached hydrogens (primary N) is 4. The predicted octanol–water partition coefficient (Wildman–Crippen LogP) is -1.92. The highest BCUT2D eigenvalue weighted by atomic mass is 16.3. The van der Waals surface area contributed by atoms with Crippen LogP contribution < -0.4 is 70.8 Å². The van der Waals surface area contributed by atoms with E-state index in [2.05, 4.69) is 61.7 Å². The number of carbonyl (C=O) groups excluding carboxylic acids is 9. The number of aliphatic hydroxyl groups excluding tert-OH is 1. The Morgan fingerprint density at radius 2 is 1.01 bits per heavy atom. The molecule has 23 heteroatoms. The fraction of sp³-hybridized carbons (Fsp3) is 0.706. The van der Waals surface area contributed by atoms with Crippen LogP contribution in [0.5, 0.6) is 0 Å². The molecule has 0 radical (unpaired) electrons. The van der Waals surface area contributed by atoms with Crippen LogP contribution >= 0.6 is 0 Å². The second-order valence-electron chi connectivity index (χ2n) is 20.4. The molecule has 74 heavy (non-hydrogen) atoms. The monoisotopic (exact) mass is 1040 g/mol. The Balaban J connectivity index is 2.68. The first kappa shape index (κ1) is 64.4. The van der Waals surface area contributed by atoms with E-state index >= 15 is 0 Å². The SMILES string of the molecule is CC(C)CCCCC(O)CC(=O)NC(CCN)C(=O)NC1CCNC(=O)C(CC(C)C)NC(=O)C(CCN)NC(=O)C(CCN)NC(=O)C(CC(C)C)NC(=O)C(Cc2ccccc2)NC(=O)C(CCN)NC1=O. The number of unbranched alkanes of at least 4 members (excludes halogenated alkanes) is 1. The van der Waals surface area contributed by atoms with Crippen molar-refractivity contribution in [3.8, 4) is 0 Å². The van der Waals surface area contributed by atoms with Gasteiger partial charge in [-0.05, 0) is 101 Å². The van der Waals surface area contributed by atoms with Crippen LogP contribution in [0.3, 0.4) is 0 Å². The summed E-state index contributed by atoms with van der Waals surface area (Å²) in [4.78, 5) is 126. The molecule has 1 aliphatic heterocycles. The third-order valence-corrected chi connectivity index (χ3v) is 12.3. The number of hydrogen-bond acceptors (Lipinski definition) is 14. The van der Waals surface area contributed by atoms with Gasteiger partial charge >= 0.3 is 0 Å². The Labute approximate surface area is 436 Å². The first-order valence-electron chi connectivity index (χ1n) is 26.3. The van der Waals surface area contributed by atoms with Crippen molar-refractivity contribution < 1.29 is 48.3 Å². The van der Waals surface area contributed by atoms with E-state index in [-0.39, 0.29) is 102 Å². The topological polar surface area (TPSA) is 386 Å². The Kier molecular flexibility index (Phi) is 30.2. The number of amides is 9. The van der Waals surface area contributed by atoms with Crippen LogP contribution in [-0.4, -0.2) is 145 Å². The minimum Gasteiger partial charge on any atom is -0.393 e. The molecule has 418 valence electrons. The van der Waals surface area contributed by atoms with Crippen LogP contribution in [0.15, 0.2) is 30.3 Å². The minimum absolute atomic E-state index is 0.0462. The lowest BCUT2D eigenvalue weighted by molar-refractivity contribution is -0.136. The highest BCUT2D eigenvalue weighted by molar-refractivity contribution is 5.98. The molecular formula is C51H89N13O10. The van der Waals surface area contributed by atoms with Crippen molar-refractivity contribution in [2.24, 2.45) is 40.7 Å². The summed E-state index contributed by atoms with van der Waals surface area (Å²) in [5.41, 5.74) is 24.2. The van der Waals surface area contributed by atoms with Gasteiger partial charge in [0.25, 0.3) is 0 Å². The predicted molar refractivity (Wildman–Crippen MR) is 281 cm³/mol. The highest BCUT2D eigenvalue weighted by Crippen LogP contribution is 2.14. The molecule has 0 saturated carbocycles. The Hall–Kier alpha value is -5.75. The number of carbonyl (C=O) groups is 9. The number of hydrogen-bond donors (Lipinski definition) is 14. The van der Waals surface area contributed by atoms with E-state index in [1.165, 1.54) is 0 Å². The summed E-state index contributed by atoms with van der Waals surface area (Å²) >= 11 is 0. The summed E-state index contributed by atoms with van der Waals surface area (Å²) < 4.78 is 0. The van der Waals surface area contributed by atoms with Crippen LogP contribution in [0, 0.1) is 17.8 Å². The molecular weight excluding hydrogens is 955 g/mol. The maximum atomic E-state index is 14.4. The quantitative estimate of drug-likeness (QED) is 0.0503. The van der Waals surface area contributed by atoms with E-state index in [9.17, 15) is 48.3 Å². The average Bonchev–Trinajstić information content (AvgIpc) is 3.33. The van der Waals surface area contributed by atoms with Gasteiger partial charge in [0.2, 0.25) is 53.2 Å². The van der Waals surface area contributed by atoms with Gasteiger partial charge in [-0.25, -0.2) is 0 Å². The number of rotatable bonds is 24. The zero-order chi connectivity index (χ0) is 55.3. The number of nitrogens with one attached hydrogen (secondary N) is 9. The van der Waals surface area contributed by atoms with Gasteiger partial charge in [0, 0.05) is 13.0 Å². The van der Waals surface area contributed by atoms with Crippen LogP contribution in [0.1, 0.15) is 124 Å². The Morgan fingerprint density at radius 3 is 1.50 bits per heavy atom. The lowest BCUT2D eigenvalue weighted by Crippen LogP contribution is -2.61. The van der Waals surface area contributed by atoms with Crippen LogP contribution in [0.2, 0.25) is 0 Å². The van der Waals surface area contributed by atoms with E-state index in [4.69, 9.17) is 22.9 Å². The summed E-state index contributed by atoms with van der Waals surface area (Å²) in [5, 5.41) is 34.7. The second kappa shape index (κ2) is 34.7. The second-order valence-corrected chi connectivity index (χ2v) is 20.4. The van der Waals surface area contributed by atoms with Crippen molar-refractivity contribution in [2.45, 2.75) is 179 Å². The van der Waals surface area contributed by atoms with Crippen molar-refractivity contribution in [3.05, 3.63) is 35.9 Å². The lowest BCUT2D eigenvalue weighted by atomic mass is 10.00. The zero-order valence-corrected chi connectivity index (χ0v) is 44.5. The molecule has 0 spiro atoms. The molecule has 1 aliphatic rings. The molecule has 18 N–H and O–H groups in total. The van der Waals surface area contributed by atoms with E-state index in [0.29, 0.717) is 24.3 Å². The smallest absolute Gasteiger partial charge is 0.243 e. The summed E-state index contributed by atoms with van der Waals surface area (Å²) in [7, 11) is 0. The number of benzene rings is 1. The van der Waals surface area contributed by atoms with Crippen molar-refractivity contribution in [1.82, 2.24) is 47.9 Å². The van der Waals surface area contributed by atoms with Crippen LogP contribution in [-0.2, 0) is 49.6 Å². The largest absolute Gasteiger partial charge is 0.393 e. The van der Waals surface area contributed by atoms with Crippen molar-refractivity contribution in [3.63, 3.8) is 0 Å². The molecule has 23 nitrogen and oxygen atoms in total. The maximum Gasteiger partial charge on any atom is 0.243 e. The lowest BCUT2D eigenvalue weighted by Gasteiger charge is -2.28. The van der Waals surface area contributed by atoms with Crippen molar-refractivity contribution in [2.75, 3.05) is 32.7 Å². The molecule has 9 amide bonds. The summed E-state index contributed by atoms with van der Waals surface area (Å²) in [6.45, 7) is 11.0. The Morgan fingerprint density at radius 1 is 0.568 bits per heavy atom. The molecule has 1 aromatic carbocycles. The van der Waals surface area contributed by atoms with Crippen LogP contribution in [0.25, 0.3) is 0 Å². The molecule has 1 aromatic rings. The van der Waals surface area contributed by atoms with Crippen molar-refractivity contribution in [1.29, 1.82) is 0 Å². The third-order valence-electron chi connectivity index (χ3n) is 12.3. The molecule has 0 bridgehead atoms. The van der Waals surface area contributed by atoms with Gasteiger partial charge in [-0.2, -0.15) is 0 Å². The normalized spacial score (nSPS) is 23.1. The highest BCUT2D eigenvalue weighted by Gasteiger charge is 2.35. The summed E-state index contributed by atoms with van der Waals surface area (Å²) in [6, 6.07) is -1.59. The molecule has 1 heterocycles. The van der Waals surface area contributed by atoms with Gasteiger partial charge in [-0.15, -0.1) is 0 Å². The van der Waals surface area contributed by atoms with Crippen molar-refractivity contribution >= 4 is 53.2 Å². The third kappa shape index (κ3) is 24.5. The molecule has 2 rings (SSSR count). The standard InChI is InChI=1S/C51H89N13O10/c1-30(2)12-10-11-15-34(65)29-43(66)57-35(16-21-52)45(68)61-39-20-25-56-44(67)40(26-31(3)4)62-47(70)37(18-23-54)58-46(69)36(17-22-53)60-50(73)41(27-32(5)6)63-51(74)42(28-33-13-8-7-9-14-33)64-48(71)38(19-24-55)59-49(39)72/h7-9,13-14,30-32,34-42,65H,10-12,15-29,52-55H2,1-6H3,(H,56,67)(H,57,66)(H,58,69)(H,59,72)(H,60,73)(H,61,68)(H,62,70)(H,63,74)(H,64,71).